The average Bonchev–Trinajstić information content (AvgIpc) is 2.66. The maximum atomic E-state index is 12.8. The Labute approximate surface area is 171 Å². The number of ether oxygens (including phenoxy) is 2. The Morgan fingerprint density at radius 1 is 1.07 bits per heavy atom. The van der Waals surface area contributed by atoms with Gasteiger partial charge in [0.15, 0.2) is 6.10 Å². The molecule has 2 aromatic rings. The maximum absolute atomic E-state index is 12.8. The molecule has 0 radical (unpaired) electrons. The van der Waals surface area contributed by atoms with E-state index in [1.54, 1.807) is 38.1 Å². The topological polar surface area (TPSA) is 84.9 Å². The first-order valence-electron chi connectivity index (χ1n) is 9.12. The van der Waals surface area contributed by atoms with Crippen LogP contribution in [0.1, 0.15) is 30.5 Å². The minimum Gasteiger partial charge on any atom is -0.479 e. The number of anilines is 1. The number of benzene rings is 2. The molecule has 0 bridgehead atoms. The van der Waals surface area contributed by atoms with Crippen molar-refractivity contribution < 1.29 is 37.3 Å². The standard InChI is InChI=1S/C21H22F3NO5/c1-13(2)30-18(19(26)27)10-14-6-3-4-7-15(14)12-29-20(28)25-17-9-5-8-16(11-17)21(22,23)24/h3-9,11,13,18H,10,12H2,1-2H3,(H,25,28)(H,26,27). The van der Waals surface area contributed by atoms with Gasteiger partial charge in [-0.3, -0.25) is 5.32 Å². The number of hydrogen-bond donors (Lipinski definition) is 2. The molecule has 0 saturated heterocycles. The highest BCUT2D eigenvalue weighted by Crippen LogP contribution is 2.30. The number of aliphatic carboxylic acids is 1. The van der Waals surface area contributed by atoms with Gasteiger partial charge in [-0.1, -0.05) is 30.3 Å². The molecule has 0 saturated carbocycles. The van der Waals surface area contributed by atoms with Gasteiger partial charge >= 0.3 is 18.2 Å². The zero-order chi connectivity index (χ0) is 22.3. The third-order valence-electron chi connectivity index (χ3n) is 4.03. The summed E-state index contributed by atoms with van der Waals surface area (Å²) in [6, 6.07) is 11.0. The van der Waals surface area contributed by atoms with Crippen LogP contribution in [-0.2, 0) is 33.5 Å². The Bertz CT molecular complexity index is 883. The van der Waals surface area contributed by atoms with E-state index in [0.717, 1.165) is 12.1 Å². The molecule has 0 spiro atoms. The van der Waals surface area contributed by atoms with Crippen LogP contribution in [0.4, 0.5) is 23.7 Å². The Morgan fingerprint density at radius 2 is 1.73 bits per heavy atom. The van der Waals surface area contributed by atoms with Crippen molar-refractivity contribution >= 4 is 17.7 Å². The van der Waals surface area contributed by atoms with E-state index >= 15 is 0 Å². The zero-order valence-electron chi connectivity index (χ0n) is 16.4. The van der Waals surface area contributed by atoms with Gasteiger partial charge in [-0.2, -0.15) is 13.2 Å². The van der Waals surface area contributed by atoms with Crippen LogP contribution in [0.15, 0.2) is 48.5 Å². The molecule has 2 aromatic carbocycles. The largest absolute Gasteiger partial charge is 0.479 e. The van der Waals surface area contributed by atoms with E-state index in [4.69, 9.17) is 9.47 Å². The Kier molecular flexibility index (Phi) is 7.82. The smallest absolute Gasteiger partial charge is 0.416 e. The predicted octanol–water partition coefficient (Wildman–Crippen LogP) is 4.87. The quantitative estimate of drug-likeness (QED) is 0.630. The second-order valence-corrected chi connectivity index (χ2v) is 6.76. The lowest BCUT2D eigenvalue weighted by Gasteiger charge is -2.18. The van der Waals surface area contributed by atoms with Gasteiger partial charge in [-0.15, -0.1) is 0 Å². The summed E-state index contributed by atoms with van der Waals surface area (Å²) in [6.45, 7) is 3.27. The van der Waals surface area contributed by atoms with Gasteiger partial charge in [-0.05, 0) is 43.2 Å². The van der Waals surface area contributed by atoms with Gasteiger partial charge in [0.25, 0.3) is 0 Å². The normalized spacial score (nSPS) is 12.5. The second-order valence-electron chi connectivity index (χ2n) is 6.76. The lowest BCUT2D eigenvalue weighted by molar-refractivity contribution is -0.153. The lowest BCUT2D eigenvalue weighted by atomic mass is 10.0. The molecule has 162 valence electrons. The average molecular weight is 425 g/mol. The number of hydrogen-bond acceptors (Lipinski definition) is 4. The van der Waals surface area contributed by atoms with E-state index in [0.29, 0.717) is 11.1 Å². The summed E-state index contributed by atoms with van der Waals surface area (Å²) >= 11 is 0. The molecule has 2 rings (SSSR count). The second kappa shape index (κ2) is 10.1. The third kappa shape index (κ3) is 7.07. The molecule has 0 aromatic heterocycles. The number of nitrogens with one attached hydrogen (secondary N) is 1. The molecule has 30 heavy (non-hydrogen) atoms. The van der Waals surface area contributed by atoms with Crippen LogP contribution in [0.25, 0.3) is 0 Å². The monoisotopic (exact) mass is 425 g/mol. The van der Waals surface area contributed by atoms with Crippen molar-refractivity contribution in [1.29, 1.82) is 0 Å². The van der Waals surface area contributed by atoms with Gasteiger partial charge in [0, 0.05) is 12.1 Å². The van der Waals surface area contributed by atoms with E-state index in [1.807, 2.05) is 0 Å². The SMILES string of the molecule is CC(C)OC(Cc1ccccc1COC(=O)Nc1cccc(C(F)(F)F)c1)C(=O)O. The Hall–Kier alpha value is -3.07. The number of carbonyl (C=O) groups is 2. The summed E-state index contributed by atoms with van der Waals surface area (Å²) in [5.41, 5.74) is 0.239. The van der Waals surface area contributed by atoms with Gasteiger partial charge in [0.05, 0.1) is 11.7 Å². The first-order valence-corrected chi connectivity index (χ1v) is 9.12. The number of carboxylic acids is 1. The van der Waals surface area contributed by atoms with Gasteiger partial charge in [-0.25, -0.2) is 9.59 Å². The van der Waals surface area contributed by atoms with Crippen LogP contribution in [0.5, 0.6) is 0 Å². The van der Waals surface area contributed by atoms with Crippen LogP contribution >= 0.6 is 0 Å². The van der Waals surface area contributed by atoms with Crippen molar-refractivity contribution in [3.8, 4) is 0 Å². The molecule has 9 heteroatoms. The highest BCUT2D eigenvalue weighted by molar-refractivity contribution is 5.84. The number of carbonyl (C=O) groups excluding carboxylic acids is 1. The maximum Gasteiger partial charge on any atom is 0.416 e. The third-order valence-corrected chi connectivity index (χ3v) is 4.03. The summed E-state index contributed by atoms with van der Waals surface area (Å²) in [6.07, 6.45) is -6.74. The highest BCUT2D eigenvalue weighted by atomic mass is 19.4. The fourth-order valence-electron chi connectivity index (χ4n) is 2.69. The minimum absolute atomic E-state index is 0.0561. The molecule has 6 nitrogen and oxygen atoms in total. The molecule has 2 N–H and O–H groups in total. The summed E-state index contributed by atoms with van der Waals surface area (Å²) in [5, 5.41) is 11.6. The molecular formula is C21H22F3NO5. The fourth-order valence-corrected chi connectivity index (χ4v) is 2.69. The number of carboxylic acid groups (broad SMARTS) is 1. The van der Waals surface area contributed by atoms with E-state index in [-0.39, 0.29) is 24.8 Å². The van der Waals surface area contributed by atoms with E-state index in [2.05, 4.69) is 5.32 Å². The van der Waals surface area contributed by atoms with E-state index in [9.17, 15) is 27.9 Å². The number of amides is 1. The van der Waals surface area contributed by atoms with Crippen LogP contribution in [0.2, 0.25) is 0 Å². The van der Waals surface area contributed by atoms with E-state index < -0.39 is 29.9 Å². The molecule has 1 amide bonds. The van der Waals surface area contributed by atoms with Crippen molar-refractivity contribution in [3.05, 3.63) is 65.2 Å². The minimum atomic E-state index is -4.53. The molecule has 0 aliphatic heterocycles. The summed E-state index contributed by atoms with van der Waals surface area (Å²) in [4.78, 5) is 23.4. The number of alkyl halides is 3. The molecule has 0 aliphatic rings. The first-order chi connectivity index (χ1) is 14.1. The Balaban J connectivity index is 2.02. The van der Waals surface area contributed by atoms with Crippen molar-refractivity contribution in [3.63, 3.8) is 0 Å². The molecule has 0 fully saturated rings. The Morgan fingerprint density at radius 3 is 2.33 bits per heavy atom. The summed E-state index contributed by atoms with van der Waals surface area (Å²) < 4.78 is 48.8. The molecule has 1 atom stereocenters. The lowest BCUT2D eigenvalue weighted by Crippen LogP contribution is -2.29. The van der Waals surface area contributed by atoms with Crippen LogP contribution in [0.3, 0.4) is 0 Å². The molecule has 0 heterocycles. The van der Waals surface area contributed by atoms with Crippen molar-refractivity contribution in [2.24, 2.45) is 0 Å². The summed E-state index contributed by atoms with van der Waals surface area (Å²) in [7, 11) is 0. The van der Waals surface area contributed by atoms with Gasteiger partial charge in [0.2, 0.25) is 0 Å². The molecular weight excluding hydrogens is 403 g/mol. The highest BCUT2D eigenvalue weighted by Gasteiger charge is 2.30. The van der Waals surface area contributed by atoms with Gasteiger partial charge in [0.1, 0.15) is 6.61 Å². The van der Waals surface area contributed by atoms with Crippen LogP contribution < -0.4 is 5.32 Å². The first kappa shape index (κ1) is 23.2. The van der Waals surface area contributed by atoms with Crippen LogP contribution in [-0.4, -0.2) is 29.4 Å². The van der Waals surface area contributed by atoms with E-state index in [1.165, 1.54) is 12.1 Å². The summed E-state index contributed by atoms with van der Waals surface area (Å²) in [5.74, 6) is -1.11. The van der Waals surface area contributed by atoms with Crippen molar-refractivity contribution in [2.75, 3.05) is 5.32 Å². The predicted molar refractivity (Wildman–Crippen MR) is 103 cm³/mol. The zero-order valence-corrected chi connectivity index (χ0v) is 16.4. The molecule has 0 aliphatic carbocycles. The van der Waals surface area contributed by atoms with Crippen molar-refractivity contribution in [1.82, 2.24) is 0 Å². The fraction of sp³-hybridized carbons (Fsp3) is 0.333. The van der Waals surface area contributed by atoms with Crippen molar-refractivity contribution in [2.45, 2.75) is 45.3 Å². The number of halogens is 3. The van der Waals surface area contributed by atoms with Gasteiger partial charge < -0.3 is 14.6 Å². The van der Waals surface area contributed by atoms with Crippen LogP contribution in [0, 0.1) is 0 Å². The number of rotatable bonds is 8. The molecule has 1 unspecified atom stereocenters.